The molecule has 0 unspecified atom stereocenters. The number of sulfone groups is 1. The summed E-state index contributed by atoms with van der Waals surface area (Å²) in [5, 5.41) is 0.492. The molecule has 0 amide bonds. The topological polar surface area (TPSA) is 66.7 Å². The first-order valence-electron chi connectivity index (χ1n) is 11.2. The lowest BCUT2D eigenvalue weighted by molar-refractivity contribution is 0.525. The highest BCUT2D eigenvalue weighted by molar-refractivity contribution is 7.91. The number of aromatic nitrogens is 1. The zero-order valence-electron chi connectivity index (χ0n) is 19.0. The largest absolute Gasteiger partial charge is 0.419 e. The molecule has 1 aliphatic rings. The fourth-order valence-corrected chi connectivity index (χ4v) is 5.56. The van der Waals surface area contributed by atoms with E-state index in [1.807, 2.05) is 60.4 Å². The summed E-state index contributed by atoms with van der Waals surface area (Å²) in [7, 11) is -4.05. The predicted octanol–water partition coefficient (Wildman–Crippen LogP) is 5.60. The number of aryl methyl sites for hydroxylation is 1. The lowest BCUT2D eigenvalue weighted by Gasteiger charge is -2.36. The van der Waals surface area contributed by atoms with Crippen LogP contribution in [0, 0.1) is 12.7 Å². The maximum absolute atomic E-state index is 13.5. The van der Waals surface area contributed by atoms with Gasteiger partial charge in [-0.1, -0.05) is 35.4 Å². The van der Waals surface area contributed by atoms with Gasteiger partial charge in [-0.05, 0) is 61.5 Å². The number of benzene rings is 3. The van der Waals surface area contributed by atoms with E-state index < -0.39 is 15.7 Å². The Morgan fingerprint density at radius 1 is 0.914 bits per heavy atom. The van der Waals surface area contributed by atoms with E-state index in [-0.39, 0.29) is 21.7 Å². The van der Waals surface area contributed by atoms with Gasteiger partial charge in [0.05, 0.1) is 4.90 Å². The third-order valence-electron chi connectivity index (χ3n) is 6.00. The molecule has 1 aromatic heterocycles. The van der Waals surface area contributed by atoms with Crippen molar-refractivity contribution in [1.29, 1.82) is 0 Å². The van der Waals surface area contributed by atoms with Gasteiger partial charge in [-0.2, -0.15) is 4.98 Å². The number of nitrogens with zero attached hydrogens (tertiary/aromatic N) is 3. The minimum absolute atomic E-state index is 0.0403. The molecule has 9 heteroatoms. The number of piperazine rings is 1. The number of rotatable bonds is 5. The Hall–Kier alpha value is -3.36. The zero-order valence-corrected chi connectivity index (χ0v) is 20.6. The third-order valence-corrected chi connectivity index (χ3v) is 7.90. The van der Waals surface area contributed by atoms with Crippen molar-refractivity contribution in [2.24, 2.45) is 0 Å². The van der Waals surface area contributed by atoms with Gasteiger partial charge >= 0.3 is 0 Å². The highest BCUT2D eigenvalue weighted by Gasteiger charge is 2.33. The maximum Gasteiger partial charge on any atom is 0.236 e. The highest BCUT2D eigenvalue weighted by atomic mass is 35.5. The van der Waals surface area contributed by atoms with Crippen molar-refractivity contribution in [3.8, 4) is 11.5 Å². The second-order valence-corrected chi connectivity index (χ2v) is 10.7. The number of oxazole rings is 1. The van der Waals surface area contributed by atoms with Crippen molar-refractivity contribution in [1.82, 2.24) is 4.98 Å². The van der Waals surface area contributed by atoms with Gasteiger partial charge in [-0.3, -0.25) is 0 Å². The molecule has 0 bridgehead atoms. The Morgan fingerprint density at radius 2 is 1.57 bits per heavy atom. The number of hydrogen-bond donors (Lipinski definition) is 0. The van der Waals surface area contributed by atoms with E-state index in [2.05, 4.69) is 9.88 Å². The van der Waals surface area contributed by atoms with E-state index in [1.165, 1.54) is 12.1 Å². The van der Waals surface area contributed by atoms with Crippen molar-refractivity contribution >= 4 is 33.0 Å². The van der Waals surface area contributed by atoms with Gasteiger partial charge < -0.3 is 14.2 Å². The molecule has 0 radical (unpaired) electrons. The van der Waals surface area contributed by atoms with Crippen LogP contribution in [-0.2, 0) is 9.84 Å². The van der Waals surface area contributed by atoms with E-state index in [1.54, 1.807) is 0 Å². The van der Waals surface area contributed by atoms with Crippen molar-refractivity contribution in [2.75, 3.05) is 36.0 Å². The van der Waals surface area contributed by atoms with E-state index in [4.69, 9.17) is 16.0 Å². The van der Waals surface area contributed by atoms with Crippen LogP contribution in [0.5, 0.6) is 0 Å². The average molecular weight is 512 g/mol. The Kier molecular flexibility index (Phi) is 6.25. The molecule has 0 N–H and O–H groups in total. The van der Waals surface area contributed by atoms with Gasteiger partial charge in [0.15, 0.2) is 0 Å². The fraction of sp³-hybridized carbons (Fsp3) is 0.192. The molecule has 180 valence electrons. The molecular formula is C26H23ClFN3O3S. The van der Waals surface area contributed by atoms with Crippen LogP contribution in [0.15, 0.2) is 87.1 Å². The van der Waals surface area contributed by atoms with E-state index >= 15 is 0 Å². The second-order valence-electron chi connectivity index (χ2n) is 8.41. The maximum atomic E-state index is 13.5. The van der Waals surface area contributed by atoms with E-state index in [0.29, 0.717) is 36.8 Å². The molecule has 4 aromatic rings. The smallest absolute Gasteiger partial charge is 0.236 e. The SMILES string of the molecule is Cc1ccc(-c2nc(S(=O)(=O)c3ccc(F)cc3)c(N3CCN(c4cccc(Cl)c4)CC3)o2)cc1. The van der Waals surface area contributed by atoms with Crippen LogP contribution in [0.2, 0.25) is 5.02 Å². The molecule has 0 aliphatic carbocycles. The summed E-state index contributed by atoms with van der Waals surface area (Å²) in [4.78, 5) is 8.46. The number of hydrogen-bond acceptors (Lipinski definition) is 6. The second kappa shape index (κ2) is 9.36. The van der Waals surface area contributed by atoms with Gasteiger partial charge in [-0.15, -0.1) is 0 Å². The molecule has 1 saturated heterocycles. The number of halogens is 2. The molecule has 0 saturated carbocycles. The van der Waals surface area contributed by atoms with Gasteiger partial charge in [-0.25, -0.2) is 12.8 Å². The molecule has 35 heavy (non-hydrogen) atoms. The Balaban J connectivity index is 1.51. The summed E-state index contributed by atoms with van der Waals surface area (Å²) >= 11 is 6.15. The fourth-order valence-electron chi connectivity index (χ4n) is 4.06. The van der Waals surface area contributed by atoms with E-state index in [0.717, 1.165) is 23.4 Å². The molecule has 0 spiro atoms. The standard InChI is InChI=1S/C26H23ClFN3O3S/c1-18-5-7-19(8-6-18)24-29-25(35(32,33)23-11-9-21(28)10-12-23)26(34-24)31-15-13-30(14-16-31)22-4-2-3-20(27)17-22/h2-12,17H,13-16H2,1H3. The van der Waals surface area contributed by atoms with Gasteiger partial charge in [0.2, 0.25) is 26.6 Å². The van der Waals surface area contributed by atoms with Crippen LogP contribution < -0.4 is 9.80 Å². The van der Waals surface area contributed by atoms with Gasteiger partial charge in [0, 0.05) is 42.5 Å². The monoisotopic (exact) mass is 511 g/mol. The first-order valence-corrected chi connectivity index (χ1v) is 13.0. The quantitative estimate of drug-likeness (QED) is 0.325. The van der Waals surface area contributed by atoms with Crippen LogP contribution in [0.4, 0.5) is 16.0 Å². The Morgan fingerprint density at radius 3 is 2.23 bits per heavy atom. The van der Waals surface area contributed by atoms with E-state index in [9.17, 15) is 12.8 Å². The Bertz CT molecular complexity index is 1450. The molecule has 6 nitrogen and oxygen atoms in total. The normalized spacial score (nSPS) is 14.4. The zero-order chi connectivity index (χ0) is 24.6. The Labute approximate surface area is 208 Å². The van der Waals surface area contributed by atoms with Crippen LogP contribution >= 0.6 is 11.6 Å². The van der Waals surface area contributed by atoms with Crippen molar-refractivity contribution in [2.45, 2.75) is 16.8 Å². The first-order chi connectivity index (χ1) is 16.8. The van der Waals surface area contributed by atoms with Crippen molar-refractivity contribution in [3.05, 3.63) is 89.2 Å². The molecule has 3 aromatic carbocycles. The summed E-state index contributed by atoms with van der Waals surface area (Å²) < 4.78 is 46.6. The van der Waals surface area contributed by atoms with Crippen LogP contribution in [-0.4, -0.2) is 39.6 Å². The summed E-state index contributed by atoms with van der Waals surface area (Å²) in [6, 6.07) is 19.9. The summed E-state index contributed by atoms with van der Waals surface area (Å²) in [5.41, 5.74) is 2.75. The molecule has 1 aliphatic heterocycles. The molecule has 1 fully saturated rings. The lowest BCUT2D eigenvalue weighted by Crippen LogP contribution is -2.46. The summed E-state index contributed by atoms with van der Waals surface area (Å²) in [5.74, 6) is -0.101. The average Bonchev–Trinajstić information content (AvgIpc) is 3.31. The van der Waals surface area contributed by atoms with Crippen molar-refractivity contribution < 1.29 is 17.2 Å². The summed E-state index contributed by atoms with van der Waals surface area (Å²) in [6.07, 6.45) is 0. The summed E-state index contributed by atoms with van der Waals surface area (Å²) in [6.45, 7) is 4.32. The highest BCUT2D eigenvalue weighted by Crippen LogP contribution is 2.35. The van der Waals surface area contributed by atoms with Crippen LogP contribution in [0.3, 0.4) is 0 Å². The minimum Gasteiger partial charge on any atom is -0.419 e. The van der Waals surface area contributed by atoms with Crippen LogP contribution in [0.1, 0.15) is 5.56 Å². The van der Waals surface area contributed by atoms with Crippen molar-refractivity contribution in [3.63, 3.8) is 0 Å². The lowest BCUT2D eigenvalue weighted by atomic mass is 10.1. The molecule has 5 rings (SSSR count). The predicted molar refractivity (Wildman–Crippen MR) is 134 cm³/mol. The minimum atomic E-state index is -4.05. The number of anilines is 2. The van der Waals surface area contributed by atoms with Crippen LogP contribution in [0.25, 0.3) is 11.5 Å². The van der Waals surface area contributed by atoms with Gasteiger partial charge in [0.25, 0.3) is 0 Å². The third kappa shape index (κ3) is 4.76. The molecule has 0 atom stereocenters. The molecular weight excluding hydrogens is 489 g/mol. The molecule has 2 heterocycles. The first kappa shape index (κ1) is 23.4. The van der Waals surface area contributed by atoms with Gasteiger partial charge in [0.1, 0.15) is 5.82 Å².